The third kappa shape index (κ3) is 2.74. The lowest BCUT2D eigenvalue weighted by molar-refractivity contribution is -0.139. The van der Waals surface area contributed by atoms with Crippen molar-refractivity contribution in [3.05, 3.63) is 58.9 Å². The zero-order valence-electron chi connectivity index (χ0n) is 10.8. The third-order valence-electron chi connectivity index (χ3n) is 3.16. The van der Waals surface area contributed by atoms with E-state index in [1.807, 2.05) is 0 Å². The van der Waals surface area contributed by atoms with Crippen LogP contribution in [0.5, 0.6) is 0 Å². The van der Waals surface area contributed by atoms with Gasteiger partial charge in [-0.15, -0.1) is 0 Å². The maximum atomic E-state index is 14.1. The Balaban J connectivity index is 2.69. The number of alkyl halides is 3. The van der Waals surface area contributed by atoms with E-state index in [-0.39, 0.29) is 22.3 Å². The molecule has 0 fully saturated rings. The highest BCUT2D eigenvalue weighted by Gasteiger charge is 2.35. The molecule has 1 N–H and O–H groups in total. The second kappa shape index (κ2) is 5.20. The highest BCUT2D eigenvalue weighted by atomic mass is 19.4. The van der Waals surface area contributed by atoms with Crippen molar-refractivity contribution in [3.63, 3.8) is 0 Å². The normalized spacial score (nSPS) is 11.5. The Kier molecular flexibility index (Phi) is 3.72. The van der Waals surface area contributed by atoms with Gasteiger partial charge in [0.15, 0.2) is 0 Å². The second-order valence-electron chi connectivity index (χ2n) is 4.45. The van der Waals surface area contributed by atoms with Gasteiger partial charge in [-0.3, -0.25) is 0 Å². The molecule has 0 radical (unpaired) electrons. The molecular weight excluding hydrogens is 288 g/mol. The van der Waals surface area contributed by atoms with Crippen LogP contribution in [-0.4, -0.2) is 11.1 Å². The van der Waals surface area contributed by atoms with Crippen LogP contribution in [0.25, 0.3) is 11.1 Å². The summed E-state index contributed by atoms with van der Waals surface area (Å²) in [4.78, 5) is 11.0. The van der Waals surface area contributed by atoms with Gasteiger partial charge >= 0.3 is 12.1 Å². The van der Waals surface area contributed by atoms with Crippen molar-refractivity contribution in [3.8, 4) is 11.1 Å². The van der Waals surface area contributed by atoms with Gasteiger partial charge in [-0.1, -0.05) is 24.3 Å². The van der Waals surface area contributed by atoms with Crippen LogP contribution in [0.2, 0.25) is 0 Å². The standard InChI is InChI=1S/C15H10F4O2/c1-8-9(4-2-5-10(8)14(20)21)11-6-3-7-12(13(11)16)15(17,18)19/h2-7H,1H3,(H,20,21). The van der Waals surface area contributed by atoms with Gasteiger partial charge in [-0.05, 0) is 30.2 Å². The Morgan fingerprint density at radius 1 is 1.05 bits per heavy atom. The average molecular weight is 298 g/mol. The SMILES string of the molecule is Cc1c(C(=O)O)cccc1-c1cccc(C(F)(F)F)c1F. The molecule has 0 aliphatic carbocycles. The molecule has 0 aliphatic heterocycles. The number of carboxylic acids is 1. The molecule has 2 rings (SSSR count). The summed E-state index contributed by atoms with van der Waals surface area (Å²) in [6.07, 6.45) is -4.81. The van der Waals surface area contributed by atoms with Crippen LogP contribution in [0.4, 0.5) is 17.6 Å². The Morgan fingerprint density at radius 2 is 1.62 bits per heavy atom. The number of carbonyl (C=O) groups is 1. The molecule has 0 bridgehead atoms. The van der Waals surface area contributed by atoms with Gasteiger partial charge in [0.1, 0.15) is 5.82 Å². The number of carboxylic acid groups (broad SMARTS) is 1. The summed E-state index contributed by atoms with van der Waals surface area (Å²) in [5.41, 5.74) is -1.39. The number of rotatable bonds is 2. The monoisotopic (exact) mass is 298 g/mol. The summed E-state index contributed by atoms with van der Waals surface area (Å²) in [5.74, 6) is -2.63. The second-order valence-corrected chi connectivity index (χ2v) is 4.45. The van der Waals surface area contributed by atoms with Crippen LogP contribution >= 0.6 is 0 Å². The van der Waals surface area contributed by atoms with Crippen LogP contribution < -0.4 is 0 Å². The van der Waals surface area contributed by atoms with Crippen LogP contribution in [-0.2, 0) is 6.18 Å². The summed E-state index contributed by atoms with van der Waals surface area (Å²) in [6.45, 7) is 1.43. The van der Waals surface area contributed by atoms with Crippen molar-refractivity contribution >= 4 is 5.97 Å². The largest absolute Gasteiger partial charge is 0.478 e. The summed E-state index contributed by atoms with van der Waals surface area (Å²) in [5, 5.41) is 9.02. The van der Waals surface area contributed by atoms with Gasteiger partial charge in [0.25, 0.3) is 0 Å². The predicted molar refractivity (Wildman–Crippen MR) is 68.5 cm³/mol. The first-order chi connectivity index (χ1) is 9.73. The molecule has 0 saturated carbocycles. The lowest BCUT2D eigenvalue weighted by Gasteiger charge is -2.13. The predicted octanol–water partition coefficient (Wildman–Crippen LogP) is 4.52. The molecular formula is C15H10F4O2. The van der Waals surface area contributed by atoms with Gasteiger partial charge in [-0.25, -0.2) is 9.18 Å². The number of halogens is 4. The minimum Gasteiger partial charge on any atom is -0.478 e. The molecule has 0 amide bonds. The minimum absolute atomic E-state index is 0.0793. The molecule has 110 valence electrons. The molecule has 0 atom stereocenters. The van der Waals surface area contributed by atoms with E-state index in [0.717, 1.165) is 6.07 Å². The number of benzene rings is 2. The Bertz CT molecular complexity index is 705. The quantitative estimate of drug-likeness (QED) is 0.828. The van der Waals surface area contributed by atoms with E-state index in [9.17, 15) is 22.4 Å². The van der Waals surface area contributed by atoms with Crippen molar-refractivity contribution < 1.29 is 27.5 Å². The van der Waals surface area contributed by atoms with Gasteiger partial charge in [0, 0.05) is 5.56 Å². The lowest BCUT2D eigenvalue weighted by atomic mass is 9.94. The van der Waals surface area contributed by atoms with E-state index in [2.05, 4.69) is 0 Å². The maximum absolute atomic E-state index is 14.1. The Labute approximate surface area is 117 Å². The van der Waals surface area contributed by atoms with Crippen LogP contribution in [0.3, 0.4) is 0 Å². The van der Waals surface area contributed by atoms with Gasteiger partial charge in [0.2, 0.25) is 0 Å². The van der Waals surface area contributed by atoms with E-state index < -0.39 is 23.5 Å². The molecule has 2 nitrogen and oxygen atoms in total. The number of hydrogen-bond donors (Lipinski definition) is 1. The van der Waals surface area contributed by atoms with Crippen molar-refractivity contribution in [1.29, 1.82) is 0 Å². The molecule has 0 saturated heterocycles. The molecule has 21 heavy (non-hydrogen) atoms. The fourth-order valence-corrected chi connectivity index (χ4v) is 2.12. The molecule has 6 heteroatoms. The highest BCUT2D eigenvalue weighted by Crippen LogP contribution is 2.36. The Hall–Kier alpha value is -2.37. The first-order valence-corrected chi connectivity index (χ1v) is 5.92. The fraction of sp³-hybridized carbons (Fsp3) is 0.133. The lowest BCUT2D eigenvalue weighted by Crippen LogP contribution is -2.09. The smallest absolute Gasteiger partial charge is 0.419 e. The van der Waals surface area contributed by atoms with Crippen molar-refractivity contribution in [2.45, 2.75) is 13.1 Å². The zero-order chi connectivity index (χ0) is 15.8. The Morgan fingerprint density at radius 3 is 2.19 bits per heavy atom. The van der Waals surface area contributed by atoms with E-state index in [1.54, 1.807) is 0 Å². The summed E-state index contributed by atoms with van der Waals surface area (Å²) in [6, 6.07) is 7.00. The summed E-state index contributed by atoms with van der Waals surface area (Å²) in [7, 11) is 0. The van der Waals surface area contributed by atoms with E-state index in [4.69, 9.17) is 5.11 Å². The zero-order valence-corrected chi connectivity index (χ0v) is 10.8. The molecule has 2 aromatic carbocycles. The maximum Gasteiger partial charge on any atom is 0.419 e. The van der Waals surface area contributed by atoms with Crippen LogP contribution in [0.15, 0.2) is 36.4 Å². The molecule has 0 aromatic heterocycles. The first-order valence-electron chi connectivity index (χ1n) is 5.92. The van der Waals surface area contributed by atoms with Crippen molar-refractivity contribution in [1.82, 2.24) is 0 Å². The highest BCUT2D eigenvalue weighted by molar-refractivity contribution is 5.92. The van der Waals surface area contributed by atoms with E-state index in [0.29, 0.717) is 6.07 Å². The van der Waals surface area contributed by atoms with Crippen molar-refractivity contribution in [2.24, 2.45) is 0 Å². The van der Waals surface area contributed by atoms with Gasteiger partial charge in [-0.2, -0.15) is 13.2 Å². The fourth-order valence-electron chi connectivity index (χ4n) is 2.12. The first kappa shape index (κ1) is 15.0. The molecule has 0 heterocycles. The van der Waals surface area contributed by atoms with Crippen LogP contribution in [0.1, 0.15) is 21.5 Å². The third-order valence-corrected chi connectivity index (χ3v) is 3.16. The summed E-state index contributed by atoms with van der Waals surface area (Å²) < 4.78 is 52.3. The molecule has 0 aliphatic rings. The molecule has 0 spiro atoms. The van der Waals surface area contributed by atoms with E-state index >= 15 is 0 Å². The van der Waals surface area contributed by atoms with Gasteiger partial charge < -0.3 is 5.11 Å². The number of hydrogen-bond acceptors (Lipinski definition) is 1. The van der Waals surface area contributed by atoms with E-state index in [1.165, 1.54) is 31.2 Å². The van der Waals surface area contributed by atoms with Crippen molar-refractivity contribution in [2.75, 3.05) is 0 Å². The summed E-state index contributed by atoms with van der Waals surface area (Å²) >= 11 is 0. The molecule has 2 aromatic rings. The van der Waals surface area contributed by atoms with Gasteiger partial charge in [0.05, 0.1) is 11.1 Å². The topological polar surface area (TPSA) is 37.3 Å². The number of aromatic carboxylic acids is 1. The molecule has 0 unspecified atom stereocenters. The van der Waals surface area contributed by atoms with Crippen LogP contribution in [0, 0.1) is 12.7 Å². The minimum atomic E-state index is -4.81. The average Bonchev–Trinajstić information content (AvgIpc) is 2.38.